The molecule has 10 nitrogen and oxygen atoms in total. The minimum Gasteiger partial charge on any atom is -0.545 e. The van der Waals surface area contributed by atoms with E-state index in [1.54, 1.807) is 41.0 Å². The lowest BCUT2D eigenvalue weighted by Gasteiger charge is -2.39. The second kappa shape index (κ2) is 16.7. The Hall–Kier alpha value is -6.52. The molecule has 0 unspecified atom stereocenters. The van der Waals surface area contributed by atoms with E-state index in [2.05, 4.69) is 26.9 Å². The molecule has 1 N–H and O–H groups in total. The number of nitrogens with zero attached hydrogens (tertiary/aromatic N) is 3. The van der Waals surface area contributed by atoms with Crippen molar-refractivity contribution in [3.05, 3.63) is 155 Å². The van der Waals surface area contributed by atoms with Crippen molar-refractivity contribution in [1.29, 1.82) is 0 Å². The van der Waals surface area contributed by atoms with E-state index in [0.29, 0.717) is 28.3 Å². The summed E-state index contributed by atoms with van der Waals surface area (Å²) in [5.41, 5.74) is 12.5. The number of fused-ring (bicyclic) bond motifs is 5. The van der Waals surface area contributed by atoms with E-state index in [1.807, 2.05) is 32.0 Å². The molecule has 0 aliphatic carbocycles. The monoisotopic (exact) mass is 898 g/mol. The lowest BCUT2D eigenvalue weighted by molar-refractivity contribution is -0.255. The number of Topliss-reactive ketones (excluding diaryl/α,β-unsaturated/α-hetero) is 1. The highest BCUT2D eigenvalue weighted by Gasteiger charge is 2.36. The van der Waals surface area contributed by atoms with Crippen LogP contribution < -0.4 is 35.2 Å². The van der Waals surface area contributed by atoms with Gasteiger partial charge in [-0.15, -0.1) is 0 Å². The molecule has 0 radical (unpaired) electrons. The van der Waals surface area contributed by atoms with Crippen LogP contribution in [0.15, 0.2) is 72.8 Å². The highest BCUT2D eigenvalue weighted by Crippen LogP contribution is 2.49. The van der Waals surface area contributed by atoms with Gasteiger partial charge in [0.15, 0.2) is 5.78 Å². The van der Waals surface area contributed by atoms with Crippen LogP contribution in [0, 0.1) is 13.8 Å². The Morgan fingerprint density at radius 2 is 1.53 bits per heavy atom. The smallest absolute Gasteiger partial charge is 0.262 e. The summed E-state index contributed by atoms with van der Waals surface area (Å²) in [7, 11) is 0. The fraction of sp³-hybridized carbons (Fsp3) is 0.327. The molecule has 0 saturated carbocycles. The van der Waals surface area contributed by atoms with E-state index in [4.69, 9.17) is 16.3 Å². The van der Waals surface area contributed by atoms with Gasteiger partial charge in [-0.25, -0.2) is 4.58 Å². The van der Waals surface area contributed by atoms with Crippen LogP contribution in [0.25, 0.3) is 16.5 Å². The lowest BCUT2D eigenvalue weighted by Crippen LogP contribution is -2.45. The van der Waals surface area contributed by atoms with Gasteiger partial charge in [0.25, 0.3) is 5.91 Å². The Labute approximate surface area is 388 Å². The van der Waals surface area contributed by atoms with E-state index < -0.39 is 5.97 Å². The van der Waals surface area contributed by atoms with Crippen molar-refractivity contribution in [3.8, 4) is 11.5 Å². The van der Waals surface area contributed by atoms with Crippen LogP contribution in [-0.2, 0) is 36.9 Å². The largest absolute Gasteiger partial charge is 0.545 e. The first kappa shape index (κ1) is 42.1. The van der Waals surface area contributed by atoms with Gasteiger partial charge in [-0.05, 0) is 130 Å². The third-order valence-corrected chi connectivity index (χ3v) is 14.8. The van der Waals surface area contributed by atoms with E-state index >= 15 is 0 Å². The molecule has 1 amide bonds. The fourth-order valence-corrected chi connectivity index (χ4v) is 11.7. The molecule has 6 aromatic rings. The minimum absolute atomic E-state index is 0.0248. The maximum atomic E-state index is 13.8. The quantitative estimate of drug-likeness (QED) is 0.0919. The molecule has 11 heteroatoms. The number of carbonyl (C=O) groups is 4. The molecule has 0 saturated heterocycles. The van der Waals surface area contributed by atoms with Crippen molar-refractivity contribution in [2.24, 2.45) is 0 Å². The molecule has 334 valence electrons. The predicted octanol–water partition coefficient (Wildman–Crippen LogP) is 6.72. The first-order valence-corrected chi connectivity index (χ1v) is 23.9. The zero-order chi connectivity index (χ0) is 45.4. The second-order valence-electron chi connectivity index (χ2n) is 18.7. The number of halogens is 1. The van der Waals surface area contributed by atoms with Crippen molar-refractivity contribution in [3.63, 3.8) is 0 Å². The van der Waals surface area contributed by atoms with Crippen molar-refractivity contribution >= 4 is 57.3 Å². The third kappa shape index (κ3) is 7.12. The molecule has 0 atom stereocenters. The Kier molecular flexibility index (Phi) is 10.7. The molecule has 5 aliphatic rings. The molecule has 5 aromatic carbocycles. The average molecular weight is 899 g/mol. The van der Waals surface area contributed by atoms with Crippen molar-refractivity contribution in [1.82, 2.24) is 14.5 Å². The van der Waals surface area contributed by atoms with Crippen molar-refractivity contribution in [2.45, 2.75) is 84.5 Å². The predicted molar refractivity (Wildman–Crippen MR) is 254 cm³/mol. The Balaban J connectivity index is 0.874. The van der Waals surface area contributed by atoms with Gasteiger partial charge >= 0.3 is 0 Å². The maximum absolute atomic E-state index is 13.8. The summed E-state index contributed by atoms with van der Waals surface area (Å²) in [6.45, 7) is 8.17. The molecular formula is C55H51ClN4O6. The molecular weight excluding hydrogens is 848 g/mol. The summed E-state index contributed by atoms with van der Waals surface area (Å²) in [4.78, 5) is 56.8. The number of rotatable bonds is 10. The number of nitrogens with one attached hydrogen (secondary N) is 1. The standard InChI is InChI=1S/C55H51ClN4O6/c1-31-13-20-46-42(26-31)41(32(2)60(46)54(63)33-14-17-37(56)18-15-33)30-48(62)57-21-3-12-47(61)34-16-19-38(43(27-34)55(64)65)49-44-28-35-8-4-22-58-24-6-10-39(50(35)58)52(44)66-53-40-11-7-25-59-23-5-9-36(51(40)59)29-45(49)53/h13-20,26-29H,3-12,21-25,30H2,1-2H3,(H-,57,62,64,65). The zero-order valence-corrected chi connectivity index (χ0v) is 38.2. The van der Waals surface area contributed by atoms with Crippen molar-refractivity contribution < 1.29 is 29.0 Å². The Morgan fingerprint density at radius 3 is 2.33 bits per heavy atom. The van der Waals surface area contributed by atoms with Crippen LogP contribution in [0.4, 0.5) is 5.69 Å². The van der Waals surface area contributed by atoms with Gasteiger partial charge in [0.2, 0.25) is 11.3 Å². The first-order chi connectivity index (χ1) is 32.0. The summed E-state index contributed by atoms with van der Waals surface area (Å²) in [6.07, 6.45) is 8.40. The number of carboxylic acids is 1. The molecule has 0 bridgehead atoms. The summed E-state index contributed by atoms with van der Waals surface area (Å²) < 4.78 is 11.3. The zero-order valence-electron chi connectivity index (χ0n) is 37.4. The summed E-state index contributed by atoms with van der Waals surface area (Å²) in [6, 6.07) is 22.1. The topological polar surface area (TPSA) is 124 Å². The van der Waals surface area contributed by atoms with E-state index in [1.165, 1.54) is 39.4 Å². The molecule has 11 rings (SSSR count). The summed E-state index contributed by atoms with van der Waals surface area (Å²) in [5, 5.41) is 19.8. The summed E-state index contributed by atoms with van der Waals surface area (Å²) in [5.74, 6) is -0.330. The van der Waals surface area contributed by atoms with Gasteiger partial charge in [0, 0.05) is 105 Å². The first-order valence-electron chi connectivity index (χ1n) is 23.5. The second-order valence-corrected chi connectivity index (χ2v) is 19.1. The number of hydrogen-bond donors (Lipinski definition) is 1. The number of carbonyl (C=O) groups excluding carboxylic acids is 4. The molecule has 1 aromatic heterocycles. The van der Waals surface area contributed by atoms with Crippen LogP contribution >= 0.6 is 11.6 Å². The number of benzene rings is 5. The van der Waals surface area contributed by atoms with Crippen LogP contribution in [-0.4, -0.2) is 60.9 Å². The van der Waals surface area contributed by atoms with Gasteiger partial charge in [0.05, 0.1) is 23.5 Å². The van der Waals surface area contributed by atoms with E-state index in [9.17, 15) is 24.3 Å². The van der Waals surface area contributed by atoms with E-state index in [0.717, 1.165) is 127 Å². The van der Waals surface area contributed by atoms with Gasteiger partial charge in [-0.3, -0.25) is 19.0 Å². The van der Waals surface area contributed by atoms with Crippen molar-refractivity contribution in [2.75, 3.05) is 37.6 Å². The molecule has 5 aliphatic heterocycles. The summed E-state index contributed by atoms with van der Waals surface area (Å²) >= 11 is 6.09. The normalized spacial score (nSPS) is 15.7. The molecule has 0 fully saturated rings. The number of ketones is 1. The van der Waals surface area contributed by atoms with Crippen LogP contribution in [0.5, 0.6) is 11.5 Å². The Bertz CT molecular complexity index is 3230. The Morgan fingerprint density at radius 1 is 0.788 bits per heavy atom. The average Bonchev–Trinajstić information content (AvgIpc) is 3.58. The van der Waals surface area contributed by atoms with Crippen LogP contribution in [0.3, 0.4) is 0 Å². The molecule has 6 heterocycles. The van der Waals surface area contributed by atoms with Crippen LogP contribution in [0.1, 0.15) is 120 Å². The molecule has 0 spiro atoms. The number of anilines is 1. The SMILES string of the molecule is Cc1ccc2c(c1)c(CC(=O)NCCCC(=O)c1ccc(C3=c4cc5c6c(c4Oc4c3cc3c7c4CCCN7CCC3)CCC[N+]=6CCC5)c(C(=O)[O-])c1)c(C)n2C(=O)c1ccc(Cl)cc1. The number of aromatic carboxylic acids is 1. The van der Waals surface area contributed by atoms with Gasteiger partial charge < -0.3 is 24.9 Å². The van der Waals surface area contributed by atoms with E-state index in [-0.39, 0.29) is 48.1 Å². The number of ether oxygens (including phenoxy) is 1. The van der Waals surface area contributed by atoms with Crippen LogP contribution in [0.2, 0.25) is 5.02 Å². The lowest BCUT2D eigenvalue weighted by atomic mass is 9.81. The molecule has 66 heavy (non-hydrogen) atoms. The number of aryl methyl sites for hydroxylation is 3. The number of amides is 1. The highest BCUT2D eigenvalue weighted by atomic mass is 35.5. The van der Waals surface area contributed by atoms with Gasteiger partial charge in [0.1, 0.15) is 24.6 Å². The number of hydrogen-bond acceptors (Lipinski definition) is 7. The highest BCUT2D eigenvalue weighted by molar-refractivity contribution is 6.30. The number of aromatic nitrogens is 1. The fourth-order valence-electron chi connectivity index (χ4n) is 11.6. The maximum Gasteiger partial charge on any atom is 0.262 e. The minimum atomic E-state index is -1.34. The van der Waals surface area contributed by atoms with Gasteiger partial charge in [-0.1, -0.05) is 35.4 Å². The number of carboxylic acid groups (broad SMARTS) is 1. The van der Waals surface area contributed by atoms with Gasteiger partial charge in [-0.2, -0.15) is 0 Å². The third-order valence-electron chi connectivity index (χ3n) is 14.5.